The number of aliphatic imine (C=N–C) groups is 1. The minimum atomic E-state index is -1.10. The van der Waals surface area contributed by atoms with Crippen molar-refractivity contribution in [2.75, 3.05) is 26.4 Å². The van der Waals surface area contributed by atoms with Gasteiger partial charge in [0.2, 0.25) is 5.96 Å². The zero-order valence-corrected chi connectivity index (χ0v) is 13.7. The Morgan fingerprint density at radius 2 is 1.88 bits per heavy atom. The average Bonchev–Trinajstić information content (AvgIpc) is 2.51. The lowest BCUT2D eigenvalue weighted by atomic mass is 10.2. The second-order valence-corrected chi connectivity index (χ2v) is 4.36. The quantitative estimate of drug-likeness (QED) is 0.132. The van der Waals surface area contributed by atoms with Crippen LogP contribution in [0.2, 0.25) is 0 Å². The van der Waals surface area contributed by atoms with Crippen molar-refractivity contribution in [3.8, 4) is 0 Å². The summed E-state index contributed by atoms with van der Waals surface area (Å²) < 4.78 is 9.36. The van der Waals surface area contributed by atoms with Gasteiger partial charge in [-0.1, -0.05) is 0 Å². The van der Waals surface area contributed by atoms with Crippen LogP contribution in [0.3, 0.4) is 0 Å². The van der Waals surface area contributed by atoms with Gasteiger partial charge in [0.05, 0.1) is 13.2 Å². The van der Waals surface area contributed by atoms with E-state index in [1.165, 1.54) is 0 Å². The Balaban J connectivity index is 4.39. The molecule has 0 aromatic heterocycles. The summed E-state index contributed by atoms with van der Waals surface area (Å²) in [5, 5.41) is 11.0. The first kappa shape index (κ1) is 21.6. The van der Waals surface area contributed by atoms with Crippen LogP contribution in [0.1, 0.15) is 26.7 Å². The number of guanidine groups is 1. The van der Waals surface area contributed by atoms with Gasteiger partial charge < -0.3 is 20.3 Å². The van der Waals surface area contributed by atoms with Gasteiger partial charge in [0.15, 0.2) is 6.61 Å². The van der Waals surface area contributed by atoms with Crippen molar-refractivity contribution in [3.05, 3.63) is 0 Å². The molecule has 0 aliphatic carbocycles. The molecule has 0 radical (unpaired) electrons. The van der Waals surface area contributed by atoms with Gasteiger partial charge in [-0.3, -0.25) is 19.9 Å². The summed E-state index contributed by atoms with van der Waals surface area (Å²) in [7, 11) is 0. The Morgan fingerprint density at radius 3 is 2.46 bits per heavy atom. The van der Waals surface area contributed by atoms with E-state index < -0.39 is 24.1 Å². The SMILES string of the molecule is CCOC(=O)CONC(=NCCC[C@H](N)C(=O)O)NC(=O)OCC. The van der Waals surface area contributed by atoms with Crippen molar-refractivity contribution < 1.29 is 33.8 Å². The minimum Gasteiger partial charge on any atom is -0.480 e. The number of ether oxygens (including phenoxy) is 2. The molecule has 0 unspecified atom stereocenters. The van der Waals surface area contributed by atoms with Crippen LogP contribution < -0.4 is 16.5 Å². The highest BCUT2D eigenvalue weighted by Gasteiger charge is 2.11. The van der Waals surface area contributed by atoms with Gasteiger partial charge in [-0.2, -0.15) is 0 Å². The van der Waals surface area contributed by atoms with Crippen LogP contribution in [0.5, 0.6) is 0 Å². The van der Waals surface area contributed by atoms with E-state index in [9.17, 15) is 14.4 Å². The van der Waals surface area contributed by atoms with E-state index in [4.69, 9.17) is 20.4 Å². The van der Waals surface area contributed by atoms with Crippen LogP contribution in [0, 0.1) is 0 Å². The maximum atomic E-state index is 11.4. The third-order valence-corrected chi connectivity index (χ3v) is 2.42. The molecule has 0 bridgehead atoms. The molecule has 11 heteroatoms. The molecule has 24 heavy (non-hydrogen) atoms. The first-order chi connectivity index (χ1) is 11.4. The third kappa shape index (κ3) is 11.2. The monoisotopic (exact) mass is 348 g/mol. The summed E-state index contributed by atoms with van der Waals surface area (Å²) in [5.41, 5.74) is 7.67. The van der Waals surface area contributed by atoms with Crippen molar-refractivity contribution >= 4 is 24.0 Å². The highest BCUT2D eigenvalue weighted by atomic mass is 16.7. The number of carboxylic acid groups (broad SMARTS) is 1. The fourth-order valence-corrected chi connectivity index (χ4v) is 1.35. The minimum absolute atomic E-state index is 0.0818. The molecule has 138 valence electrons. The van der Waals surface area contributed by atoms with Crippen molar-refractivity contribution in [3.63, 3.8) is 0 Å². The van der Waals surface area contributed by atoms with Crippen LogP contribution in [-0.4, -0.2) is 61.5 Å². The summed E-state index contributed by atoms with van der Waals surface area (Å²) in [4.78, 5) is 42.0. The molecule has 0 aromatic carbocycles. The number of carboxylic acids is 1. The fourth-order valence-electron chi connectivity index (χ4n) is 1.35. The molecule has 0 fully saturated rings. The molecule has 0 spiro atoms. The maximum Gasteiger partial charge on any atom is 0.413 e. The molecule has 11 nitrogen and oxygen atoms in total. The van der Waals surface area contributed by atoms with Crippen molar-refractivity contribution in [2.24, 2.45) is 10.7 Å². The number of aliphatic carboxylic acids is 1. The molecule has 0 saturated carbocycles. The van der Waals surface area contributed by atoms with Gasteiger partial charge in [-0.25, -0.2) is 15.1 Å². The zero-order chi connectivity index (χ0) is 18.4. The van der Waals surface area contributed by atoms with Crippen molar-refractivity contribution in [1.29, 1.82) is 0 Å². The first-order valence-electron chi connectivity index (χ1n) is 7.40. The highest BCUT2D eigenvalue weighted by Crippen LogP contribution is 1.95. The Morgan fingerprint density at radius 1 is 1.21 bits per heavy atom. The molecule has 1 atom stereocenters. The van der Waals surface area contributed by atoms with E-state index in [2.05, 4.69) is 20.5 Å². The second-order valence-electron chi connectivity index (χ2n) is 4.36. The molecule has 0 heterocycles. The van der Waals surface area contributed by atoms with Crippen molar-refractivity contribution in [2.45, 2.75) is 32.7 Å². The largest absolute Gasteiger partial charge is 0.480 e. The third-order valence-electron chi connectivity index (χ3n) is 2.42. The van der Waals surface area contributed by atoms with E-state index in [1.807, 2.05) is 0 Å². The number of alkyl carbamates (subject to hydrolysis) is 1. The molecule has 0 aliphatic heterocycles. The lowest BCUT2D eigenvalue weighted by Gasteiger charge is -2.11. The number of hydroxylamine groups is 1. The summed E-state index contributed by atoms with van der Waals surface area (Å²) >= 11 is 0. The molecular weight excluding hydrogens is 324 g/mol. The fraction of sp³-hybridized carbons (Fsp3) is 0.692. The van der Waals surface area contributed by atoms with Gasteiger partial charge in [0.1, 0.15) is 6.04 Å². The summed E-state index contributed by atoms with van der Waals surface area (Å²) in [6.07, 6.45) is -0.165. The highest BCUT2D eigenvalue weighted by molar-refractivity contribution is 5.93. The number of nitrogens with one attached hydrogen (secondary N) is 2. The predicted octanol–water partition coefficient (Wildman–Crippen LogP) is -0.635. The first-order valence-corrected chi connectivity index (χ1v) is 7.40. The molecule has 0 rings (SSSR count). The zero-order valence-electron chi connectivity index (χ0n) is 13.7. The molecular formula is C13H24N4O7. The number of rotatable bonds is 10. The van der Waals surface area contributed by atoms with E-state index in [1.54, 1.807) is 13.8 Å². The summed E-state index contributed by atoms with van der Waals surface area (Å²) in [5.74, 6) is -1.77. The number of nitrogens with two attached hydrogens (primary N) is 1. The van der Waals surface area contributed by atoms with Crippen LogP contribution in [0.4, 0.5) is 4.79 Å². The van der Waals surface area contributed by atoms with E-state index in [0.717, 1.165) is 0 Å². The van der Waals surface area contributed by atoms with Crippen molar-refractivity contribution in [1.82, 2.24) is 10.8 Å². The standard InChI is InChI=1S/C13H24N4O7/c1-3-22-10(18)8-24-17-12(16-13(21)23-4-2)15-7-5-6-9(14)11(19)20/h9H,3-8,14H2,1-2H3,(H,19,20)(H2,15,16,17,21)/t9-/m0/s1. The predicted molar refractivity (Wildman–Crippen MR) is 83.0 cm³/mol. The van der Waals surface area contributed by atoms with Crippen LogP contribution in [0.25, 0.3) is 0 Å². The van der Waals surface area contributed by atoms with Gasteiger partial charge in [-0.15, -0.1) is 0 Å². The number of amides is 1. The molecule has 1 amide bonds. The summed E-state index contributed by atoms with van der Waals surface area (Å²) in [6, 6.07) is -0.977. The topological polar surface area (TPSA) is 162 Å². The van der Waals surface area contributed by atoms with Crippen LogP contribution >= 0.6 is 0 Å². The average molecular weight is 348 g/mol. The van der Waals surface area contributed by atoms with Gasteiger partial charge in [0.25, 0.3) is 0 Å². The van der Waals surface area contributed by atoms with Crippen LogP contribution in [-0.2, 0) is 23.9 Å². The lowest BCUT2D eigenvalue weighted by Crippen LogP contribution is -2.42. The number of hydrogen-bond acceptors (Lipinski definition) is 8. The van der Waals surface area contributed by atoms with E-state index in [0.29, 0.717) is 6.42 Å². The number of hydrogen-bond donors (Lipinski definition) is 4. The Labute approximate surface area is 139 Å². The Kier molecular flexibility index (Phi) is 11.8. The lowest BCUT2D eigenvalue weighted by molar-refractivity contribution is -0.150. The molecule has 5 N–H and O–H groups in total. The summed E-state index contributed by atoms with van der Waals surface area (Å²) in [6.45, 7) is 3.46. The maximum absolute atomic E-state index is 11.4. The Bertz CT molecular complexity index is 442. The van der Waals surface area contributed by atoms with Gasteiger partial charge >= 0.3 is 18.0 Å². The number of esters is 1. The number of carbonyl (C=O) groups excluding carboxylic acids is 2. The van der Waals surface area contributed by atoms with E-state index in [-0.39, 0.29) is 38.7 Å². The molecule has 0 aromatic rings. The number of carbonyl (C=O) groups is 3. The molecule has 0 saturated heterocycles. The van der Waals surface area contributed by atoms with E-state index >= 15 is 0 Å². The van der Waals surface area contributed by atoms with Crippen LogP contribution in [0.15, 0.2) is 4.99 Å². The molecule has 0 aliphatic rings. The number of nitrogens with zero attached hydrogens (tertiary/aromatic N) is 1. The second kappa shape index (κ2) is 13.1. The normalized spacial score (nSPS) is 12.2. The van der Waals surface area contributed by atoms with Gasteiger partial charge in [-0.05, 0) is 26.7 Å². The smallest absolute Gasteiger partial charge is 0.413 e. The van der Waals surface area contributed by atoms with Gasteiger partial charge in [0, 0.05) is 6.54 Å². The Hall–Kier alpha value is -2.40.